The maximum atomic E-state index is 13.6. The van der Waals surface area contributed by atoms with Crippen molar-refractivity contribution in [1.82, 2.24) is 24.6 Å². The van der Waals surface area contributed by atoms with E-state index >= 15 is 0 Å². The van der Waals surface area contributed by atoms with E-state index in [1.807, 2.05) is 55.9 Å². The molecular weight excluding hydrogens is 418 g/mol. The number of methoxy groups -OCH3 is 1. The summed E-state index contributed by atoms with van der Waals surface area (Å²) in [5.41, 5.74) is 0.814. The van der Waals surface area contributed by atoms with Gasteiger partial charge in [0, 0.05) is 31.4 Å². The first-order chi connectivity index (χ1) is 15.9. The Labute approximate surface area is 191 Å². The molecule has 4 aromatic rings. The van der Waals surface area contributed by atoms with Gasteiger partial charge in [-0.1, -0.05) is 44.2 Å². The number of amides is 1. The molecule has 4 rings (SSSR count). The van der Waals surface area contributed by atoms with Crippen LogP contribution in [0.4, 0.5) is 0 Å². The lowest BCUT2D eigenvalue weighted by Crippen LogP contribution is -2.34. The number of carbonyl (C=O) groups excluding carboxylic acids is 1. The summed E-state index contributed by atoms with van der Waals surface area (Å²) in [6.45, 7) is 4.43. The van der Waals surface area contributed by atoms with E-state index in [2.05, 4.69) is 15.4 Å². The molecule has 0 saturated heterocycles. The van der Waals surface area contributed by atoms with Crippen LogP contribution in [0.2, 0.25) is 0 Å². The number of nitrogens with zero attached hydrogens (tertiary/aromatic N) is 4. The van der Waals surface area contributed by atoms with Crippen LogP contribution < -0.4 is 15.6 Å². The van der Waals surface area contributed by atoms with E-state index in [1.54, 1.807) is 37.6 Å². The number of ether oxygens (including phenoxy) is 1. The van der Waals surface area contributed by atoms with Crippen LogP contribution in [0.5, 0.6) is 5.75 Å². The SMILES string of the molecule is COc1cccc(C(NC(=O)c2nn(CC(C)C)c(=O)c3ccccc23)c2nccn2C)c1. The highest BCUT2D eigenvalue weighted by molar-refractivity contribution is 6.05. The third-order valence-electron chi connectivity index (χ3n) is 5.44. The molecule has 1 amide bonds. The second kappa shape index (κ2) is 9.28. The average molecular weight is 446 g/mol. The van der Waals surface area contributed by atoms with E-state index in [4.69, 9.17) is 4.74 Å². The molecule has 2 aromatic carbocycles. The number of fused-ring (bicyclic) bond motifs is 1. The predicted molar refractivity (Wildman–Crippen MR) is 126 cm³/mol. The molecule has 2 heterocycles. The highest BCUT2D eigenvalue weighted by Crippen LogP contribution is 2.25. The van der Waals surface area contributed by atoms with E-state index in [0.29, 0.717) is 28.9 Å². The van der Waals surface area contributed by atoms with Gasteiger partial charge in [0.25, 0.3) is 11.5 Å². The van der Waals surface area contributed by atoms with Crippen molar-refractivity contribution in [2.75, 3.05) is 7.11 Å². The molecule has 0 saturated carbocycles. The zero-order valence-electron chi connectivity index (χ0n) is 19.1. The molecule has 2 aromatic heterocycles. The lowest BCUT2D eigenvalue weighted by atomic mass is 10.0. The molecule has 1 atom stereocenters. The van der Waals surface area contributed by atoms with E-state index in [1.165, 1.54) is 4.68 Å². The van der Waals surface area contributed by atoms with Crippen molar-refractivity contribution in [2.45, 2.75) is 26.4 Å². The first-order valence-electron chi connectivity index (χ1n) is 10.8. The van der Waals surface area contributed by atoms with Crippen LogP contribution in [0.15, 0.2) is 65.7 Å². The van der Waals surface area contributed by atoms with Gasteiger partial charge in [-0.15, -0.1) is 0 Å². The monoisotopic (exact) mass is 445 g/mol. The van der Waals surface area contributed by atoms with Gasteiger partial charge in [0.15, 0.2) is 5.69 Å². The number of benzene rings is 2. The molecular formula is C25H27N5O3. The van der Waals surface area contributed by atoms with Crippen molar-refractivity contribution < 1.29 is 9.53 Å². The zero-order valence-corrected chi connectivity index (χ0v) is 19.1. The summed E-state index contributed by atoms with van der Waals surface area (Å²) < 4.78 is 8.61. The third-order valence-corrected chi connectivity index (χ3v) is 5.44. The van der Waals surface area contributed by atoms with Crippen LogP contribution in [-0.2, 0) is 13.6 Å². The van der Waals surface area contributed by atoms with Crippen molar-refractivity contribution in [1.29, 1.82) is 0 Å². The Bertz CT molecular complexity index is 1360. The minimum atomic E-state index is -0.543. The lowest BCUT2D eigenvalue weighted by Gasteiger charge is -2.20. The molecule has 0 bridgehead atoms. The predicted octanol–water partition coefficient (Wildman–Crippen LogP) is 3.31. The van der Waals surface area contributed by atoms with Crippen molar-refractivity contribution in [2.24, 2.45) is 13.0 Å². The first kappa shape index (κ1) is 22.3. The first-order valence-corrected chi connectivity index (χ1v) is 10.8. The summed E-state index contributed by atoms with van der Waals surface area (Å²) in [6, 6.07) is 14.0. The number of nitrogens with one attached hydrogen (secondary N) is 1. The Balaban J connectivity index is 1.81. The third kappa shape index (κ3) is 4.50. The molecule has 8 nitrogen and oxygen atoms in total. The van der Waals surface area contributed by atoms with Crippen molar-refractivity contribution >= 4 is 16.7 Å². The molecule has 0 fully saturated rings. The van der Waals surface area contributed by atoms with E-state index in [0.717, 1.165) is 5.56 Å². The van der Waals surface area contributed by atoms with Crippen molar-refractivity contribution in [3.05, 3.63) is 88.4 Å². The summed E-state index contributed by atoms with van der Waals surface area (Å²) in [5.74, 6) is 1.15. The summed E-state index contributed by atoms with van der Waals surface area (Å²) in [6.07, 6.45) is 3.51. The van der Waals surface area contributed by atoms with E-state index in [-0.39, 0.29) is 23.1 Å². The largest absolute Gasteiger partial charge is 0.497 e. The molecule has 0 spiro atoms. The topological polar surface area (TPSA) is 91.0 Å². The van der Waals surface area contributed by atoms with E-state index in [9.17, 15) is 9.59 Å². The fourth-order valence-corrected chi connectivity index (χ4v) is 3.85. The van der Waals surface area contributed by atoms with Crippen molar-refractivity contribution in [3.8, 4) is 5.75 Å². The Morgan fingerprint density at radius 2 is 1.88 bits per heavy atom. The molecule has 0 aliphatic rings. The van der Waals surface area contributed by atoms with Gasteiger partial charge >= 0.3 is 0 Å². The normalized spacial score (nSPS) is 12.2. The Morgan fingerprint density at radius 1 is 1.12 bits per heavy atom. The summed E-state index contributed by atoms with van der Waals surface area (Å²) in [5, 5.41) is 8.53. The minimum Gasteiger partial charge on any atom is -0.497 e. The van der Waals surface area contributed by atoms with Crippen molar-refractivity contribution in [3.63, 3.8) is 0 Å². The average Bonchev–Trinajstić information content (AvgIpc) is 3.24. The Kier molecular flexibility index (Phi) is 6.26. The number of carbonyl (C=O) groups is 1. The number of imidazole rings is 1. The number of rotatable bonds is 7. The maximum absolute atomic E-state index is 13.6. The molecule has 1 unspecified atom stereocenters. The standard InChI is InChI=1S/C25H27N5O3/c1-16(2)15-30-25(32)20-11-6-5-10-19(20)22(28-30)24(31)27-21(23-26-12-13-29(23)3)17-8-7-9-18(14-17)33-4/h5-14,16,21H,15H2,1-4H3,(H,27,31). The quantitative estimate of drug-likeness (QED) is 0.471. The van der Waals surface area contributed by atoms with Crippen LogP contribution >= 0.6 is 0 Å². The second-order valence-electron chi connectivity index (χ2n) is 8.35. The van der Waals surface area contributed by atoms with Crippen LogP contribution in [0.3, 0.4) is 0 Å². The second-order valence-corrected chi connectivity index (χ2v) is 8.35. The summed E-state index contributed by atoms with van der Waals surface area (Å²) in [4.78, 5) is 31.0. The fourth-order valence-electron chi connectivity index (χ4n) is 3.85. The van der Waals surface area contributed by atoms with Gasteiger partial charge in [-0.3, -0.25) is 9.59 Å². The smallest absolute Gasteiger partial charge is 0.274 e. The maximum Gasteiger partial charge on any atom is 0.274 e. The molecule has 8 heteroatoms. The van der Waals surface area contributed by atoms with Gasteiger partial charge in [0.1, 0.15) is 17.6 Å². The lowest BCUT2D eigenvalue weighted by molar-refractivity contribution is 0.0935. The number of hydrogen-bond acceptors (Lipinski definition) is 5. The number of hydrogen-bond donors (Lipinski definition) is 1. The van der Waals surface area contributed by atoms with Crippen LogP contribution in [0, 0.1) is 5.92 Å². The van der Waals surface area contributed by atoms with Crippen LogP contribution in [0.1, 0.15) is 41.8 Å². The van der Waals surface area contributed by atoms with Crippen LogP contribution in [-0.4, -0.2) is 32.3 Å². The fraction of sp³-hybridized carbons (Fsp3) is 0.280. The molecule has 0 aliphatic heterocycles. The summed E-state index contributed by atoms with van der Waals surface area (Å²) >= 11 is 0. The zero-order chi connectivity index (χ0) is 23.5. The molecule has 0 aliphatic carbocycles. The molecule has 1 N–H and O–H groups in total. The van der Waals surface area contributed by atoms with Gasteiger partial charge in [-0.05, 0) is 29.7 Å². The van der Waals surface area contributed by atoms with Gasteiger partial charge in [-0.2, -0.15) is 5.10 Å². The number of aryl methyl sites for hydroxylation is 1. The molecule has 0 radical (unpaired) electrons. The Morgan fingerprint density at radius 3 is 2.55 bits per heavy atom. The van der Waals surface area contributed by atoms with E-state index < -0.39 is 6.04 Å². The minimum absolute atomic E-state index is 0.198. The van der Waals surface area contributed by atoms with Crippen LogP contribution in [0.25, 0.3) is 10.8 Å². The van der Waals surface area contributed by atoms with Gasteiger partial charge in [0.2, 0.25) is 0 Å². The Hall–Kier alpha value is -3.94. The number of aromatic nitrogens is 4. The molecule has 33 heavy (non-hydrogen) atoms. The van der Waals surface area contributed by atoms with Gasteiger partial charge in [-0.25, -0.2) is 9.67 Å². The highest BCUT2D eigenvalue weighted by Gasteiger charge is 2.25. The van der Waals surface area contributed by atoms with Gasteiger partial charge < -0.3 is 14.6 Å². The molecule has 170 valence electrons. The van der Waals surface area contributed by atoms with Gasteiger partial charge in [0.05, 0.1) is 12.5 Å². The highest BCUT2D eigenvalue weighted by atomic mass is 16.5. The summed E-state index contributed by atoms with van der Waals surface area (Å²) in [7, 11) is 3.47.